The first kappa shape index (κ1) is 14.4. The summed E-state index contributed by atoms with van der Waals surface area (Å²) in [5.74, 6) is -0.160. The molecule has 2 rings (SSSR count). The summed E-state index contributed by atoms with van der Waals surface area (Å²) in [7, 11) is -3.14. The normalized spacial score (nSPS) is 18.4. The smallest absolute Gasteiger partial charge is 0.229 e. The number of sulfonamides is 1. The Morgan fingerprint density at radius 2 is 2.21 bits per heavy atom. The fraction of sp³-hybridized carbons (Fsp3) is 0.700. The molecule has 1 aliphatic rings. The van der Waals surface area contributed by atoms with E-state index in [1.165, 1.54) is 15.6 Å². The fourth-order valence-electron chi connectivity index (χ4n) is 2.01. The number of hydrogen-bond donors (Lipinski definition) is 1. The van der Waals surface area contributed by atoms with Gasteiger partial charge in [0.25, 0.3) is 0 Å². The summed E-state index contributed by atoms with van der Waals surface area (Å²) in [6.07, 6.45) is 1.09. The lowest BCUT2D eigenvalue weighted by molar-refractivity contribution is -0.120. The first-order chi connectivity index (χ1) is 9.03. The molecule has 1 aromatic heterocycles. The fourth-order valence-corrected chi connectivity index (χ4v) is 3.59. The summed E-state index contributed by atoms with van der Waals surface area (Å²) in [6.45, 7) is 2.44. The van der Waals surface area contributed by atoms with E-state index in [2.05, 4.69) is 15.5 Å². The van der Waals surface area contributed by atoms with Crippen LogP contribution in [0.15, 0.2) is 5.51 Å². The summed E-state index contributed by atoms with van der Waals surface area (Å²) in [5, 5.41) is 10.6. The van der Waals surface area contributed by atoms with Crippen LogP contribution in [0.25, 0.3) is 0 Å². The number of nitrogens with zero attached hydrogens (tertiary/aromatic N) is 3. The van der Waals surface area contributed by atoms with Gasteiger partial charge in [0.15, 0.2) is 0 Å². The number of amides is 1. The average Bonchev–Trinajstić information content (AvgIpc) is 2.91. The largest absolute Gasteiger partial charge is 0.300 e. The lowest BCUT2D eigenvalue weighted by Crippen LogP contribution is -2.42. The Morgan fingerprint density at radius 3 is 2.74 bits per heavy atom. The van der Waals surface area contributed by atoms with Crippen LogP contribution in [0.3, 0.4) is 0 Å². The van der Waals surface area contributed by atoms with Crippen molar-refractivity contribution in [2.24, 2.45) is 5.92 Å². The second-order valence-corrected chi connectivity index (χ2v) is 7.40. The Labute approximate surface area is 116 Å². The first-order valence-electron chi connectivity index (χ1n) is 6.08. The third-order valence-electron chi connectivity index (χ3n) is 3.17. The monoisotopic (exact) mass is 304 g/mol. The molecule has 1 N–H and O–H groups in total. The molecule has 106 valence electrons. The van der Waals surface area contributed by atoms with Gasteiger partial charge < -0.3 is 5.32 Å². The second-order valence-electron chi connectivity index (χ2n) is 4.31. The number of piperidine rings is 1. The van der Waals surface area contributed by atoms with E-state index < -0.39 is 10.0 Å². The number of aromatic nitrogens is 2. The van der Waals surface area contributed by atoms with Gasteiger partial charge in [-0.25, -0.2) is 12.7 Å². The molecule has 0 aromatic carbocycles. The van der Waals surface area contributed by atoms with E-state index >= 15 is 0 Å². The molecule has 1 aliphatic heterocycles. The molecule has 19 heavy (non-hydrogen) atoms. The van der Waals surface area contributed by atoms with Crippen LogP contribution in [0, 0.1) is 5.92 Å². The minimum Gasteiger partial charge on any atom is -0.300 e. The predicted octanol–water partition coefficient (Wildman–Crippen LogP) is 0.538. The van der Waals surface area contributed by atoms with Crippen molar-refractivity contribution in [1.29, 1.82) is 0 Å². The van der Waals surface area contributed by atoms with Gasteiger partial charge >= 0.3 is 0 Å². The quantitative estimate of drug-likeness (QED) is 0.876. The maximum Gasteiger partial charge on any atom is 0.229 e. The summed E-state index contributed by atoms with van der Waals surface area (Å²) < 4.78 is 24.9. The molecule has 0 bridgehead atoms. The zero-order valence-electron chi connectivity index (χ0n) is 10.6. The number of carbonyl (C=O) groups is 1. The van der Waals surface area contributed by atoms with E-state index in [0.717, 1.165) is 0 Å². The lowest BCUT2D eigenvalue weighted by atomic mass is 9.97. The summed E-state index contributed by atoms with van der Waals surface area (Å²) in [6, 6.07) is 0. The number of nitrogens with one attached hydrogen (secondary N) is 1. The minimum absolute atomic E-state index is 0.106. The van der Waals surface area contributed by atoms with Crippen molar-refractivity contribution in [2.75, 3.05) is 24.2 Å². The second kappa shape index (κ2) is 5.93. The molecule has 0 aliphatic carbocycles. The molecule has 1 saturated heterocycles. The van der Waals surface area contributed by atoms with Gasteiger partial charge in [-0.15, -0.1) is 10.2 Å². The third kappa shape index (κ3) is 3.48. The topological polar surface area (TPSA) is 92.3 Å². The van der Waals surface area contributed by atoms with E-state index in [9.17, 15) is 13.2 Å². The average molecular weight is 304 g/mol. The molecule has 0 unspecified atom stereocenters. The van der Waals surface area contributed by atoms with Crippen LogP contribution < -0.4 is 5.32 Å². The molecule has 0 atom stereocenters. The highest BCUT2D eigenvalue weighted by Crippen LogP contribution is 2.21. The highest BCUT2D eigenvalue weighted by atomic mass is 32.2. The van der Waals surface area contributed by atoms with Gasteiger partial charge in [-0.2, -0.15) is 0 Å². The summed E-state index contributed by atoms with van der Waals surface area (Å²) >= 11 is 1.26. The zero-order valence-corrected chi connectivity index (χ0v) is 12.2. The van der Waals surface area contributed by atoms with Gasteiger partial charge in [-0.05, 0) is 19.8 Å². The SMILES string of the molecule is CCS(=O)(=O)N1CCC(C(=O)Nc2nncs2)CC1. The molecule has 7 nitrogen and oxygen atoms in total. The number of anilines is 1. The molecule has 0 spiro atoms. The van der Waals surface area contributed by atoms with E-state index in [1.807, 2.05) is 0 Å². The molecular formula is C10H16N4O3S2. The van der Waals surface area contributed by atoms with E-state index in [1.54, 1.807) is 12.4 Å². The molecule has 0 radical (unpaired) electrons. The Bertz CT molecular complexity index is 521. The van der Waals surface area contributed by atoms with E-state index in [-0.39, 0.29) is 17.6 Å². The molecule has 1 fully saturated rings. The van der Waals surface area contributed by atoms with Crippen LogP contribution in [0.4, 0.5) is 5.13 Å². The van der Waals surface area contributed by atoms with Gasteiger partial charge in [0.1, 0.15) is 5.51 Å². The Balaban J connectivity index is 1.88. The Hall–Kier alpha value is -1.06. The van der Waals surface area contributed by atoms with E-state index in [0.29, 0.717) is 31.1 Å². The van der Waals surface area contributed by atoms with Crippen molar-refractivity contribution in [3.05, 3.63) is 5.51 Å². The van der Waals surface area contributed by atoms with Crippen LogP contribution >= 0.6 is 11.3 Å². The van der Waals surface area contributed by atoms with Crippen molar-refractivity contribution in [3.63, 3.8) is 0 Å². The molecule has 2 heterocycles. The van der Waals surface area contributed by atoms with Gasteiger partial charge in [-0.1, -0.05) is 11.3 Å². The Kier molecular flexibility index (Phi) is 4.48. The molecule has 9 heteroatoms. The van der Waals surface area contributed by atoms with Gasteiger partial charge in [0.05, 0.1) is 5.75 Å². The number of carbonyl (C=O) groups excluding carboxylic acids is 1. The highest BCUT2D eigenvalue weighted by Gasteiger charge is 2.30. The van der Waals surface area contributed by atoms with Crippen molar-refractivity contribution < 1.29 is 13.2 Å². The number of rotatable bonds is 4. The third-order valence-corrected chi connectivity index (χ3v) is 5.66. The maximum absolute atomic E-state index is 12.0. The molecule has 1 amide bonds. The minimum atomic E-state index is -3.14. The van der Waals surface area contributed by atoms with Gasteiger partial charge in [0, 0.05) is 19.0 Å². The van der Waals surface area contributed by atoms with Crippen LogP contribution in [-0.2, 0) is 14.8 Å². The van der Waals surface area contributed by atoms with Crippen LogP contribution in [0.5, 0.6) is 0 Å². The van der Waals surface area contributed by atoms with Crippen LogP contribution in [0.1, 0.15) is 19.8 Å². The van der Waals surface area contributed by atoms with Gasteiger partial charge in [-0.3, -0.25) is 4.79 Å². The first-order valence-corrected chi connectivity index (χ1v) is 8.56. The summed E-state index contributed by atoms with van der Waals surface area (Å²) in [4.78, 5) is 12.0. The predicted molar refractivity (Wildman–Crippen MR) is 72.3 cm³/mol. The zero-order chi connectivity index (χ0) is 13.9. The number of hydrogen-bond acceptors (Lipinski definition) is 6. The lowest BCUT2D eigenvalue weighted by Gasteiger charge is -2.29. The van der Waals surface area contributed by atoms with Crippen LogP contribution in [-0.4, -0.2) is 47.7 Å². The maximum atomic E-state index is 12.0. The highest BCUT2D eigenvalue weighted by molar-refractivity contribution is 7.89. The van der Waals surface area contributed by atoms with Crippen molar-refractivity contribution in [1.82, 2.24) is 14.5 Å². The molecular weight excluding hydrogens is 288 g/mol. The van der Waals surface area contributed by atoms with E-state index in [4.69, 9.17) is 0 Å². The van der Waals surface area contributed by atoms with Crippen molar-refractivity contribution in [3.8, 4) is 0 Å². The molecule has 1 aromatic rings. The summed E-state index contributed by atoms with van der Waals surface area (Å²) in [5.41, 5.74) is 1.55. The van der Waals surface area contributed by atoms with Crippen LogP contribution in [0.2, 0.25) is 0 Å². The Morgan fingerprint density at radius 1 is 1.53 bits per heavy atom. The standard InChI is InChI=1S/C10H16N4O3S2/c1-2-19(16,17)14-5-3-8(4-6-14)9(15)12-10-13-11-7-18-10/h7-8H,2-6H2,1H3,(H,12,13,15). The van der Waals surface area contributed by atoms with Gasteiger partial charge in [0.2, 0.25) is 21.1 Å². The van der Waals surface area contributed by atoms with Crippen molar-refractivity contribution in [2.45, 2.75) is 19.8 Å². The molecule has 0 saturated carbocycles. The van der Waals surface area contributed by atoms with Crippen molar-refractivity contribution >= 4 is 32.4 Å².